The van der Waals surface area contributed by atoms with Crippen LogP contribution in [0.25, 0.3) is 0 Å². The maximum absolute atomic E-state index is 13.8. The zero-order valence-electron chi connectivity index (χ0n) is 12.1. The van der Waals surface area contributed by atoms with Gasteiger partial charge in [0.05, 0.1) is 0 Å². The highest BCUT2D eigenvalue weighted by molar-refractivity contribution is 5.54. The molecule has 2 rings (SSSR count). The highest BCUT2D eigenvalue weighted by Gasteiger charge is 2.26. The first-order valence-corrected chi connectivity index (χ1v) is 6.91. The summed E-state index contributed by atoms with van der Waals surface area (Å²) in [6.07, 6.45) is 0. The third-order valence-corrected chi connectivity index (χ3v) is 3.87. The summed E-state index contributed by atoms with van der Waals surface area (Å²) in [5.41, 5.74) is 7.46. The SMILES string of the molecule is CC(C)(C)N1CCN(c2cccc(F)c2CN)CC1. The van der Waals surface area contributed by atoms with Crippen molar-refractivity contribution < 1.29 is 4.39 Å². The topological polar surface area (TPSA) is 32.5 Å². The Morgan fingerprint density at radius 2 is 1.79 bits per heavy atom. The molecule has 1 aliphatic rings. The number of halogens is 1. The van der Waals surface area contributed by atoms with Crippen molar-refractivity contribution >= 4 is 5.69 Å². The van der Waals surface area contributed by atoms with Crippen LogP contribution in [0, 0.1) is 5.82 Å². The van der Waals surface area contributed by atoms with Gasteiger partial charge in [-0.05, 0) is 32.9 Å². The standard InChI is InChI=1S/C15H24FN3/c1-15(2,3)19-9-7-18(8-10-19)14-6-4-5-13(16)12(14)11-17/h4-6H,7-11,17H2,1-3H3. The average molecular weight is 265 g/mol. The first-order chi connectivity index (χ1) is 8.93. The molecule has 106 valence electrons. The van der Waals surface area contributed by atoms with Gasteiger partial charge < -0.3 is 10.6 Å². The molecule has 1 saturated heterocycles. The molecular formula is C15H24FN3. The Hall–Kier alpha value is -1.13. The Bertz CT molecular complexity index is 432. The fourth-order valence-corrected chi connectivity index (χ4v) is 2.66. The minimum Gasteiger partial charge on any atom is -0.369 e. The second-order valence-corrected chi connectivity index (χ2v) is 6.09. The molecule has 0 saturated carbocycles. The van der Waals surface area contributed by atoms with E-state index < -0.39 is 0 Å². The number of hydrogen-bond acceptors (Lipinski definition) is 3. The predicted octanol–water partition coefficient (Wildman–Crippen LogP) is 2.20. The lowest BCUT2D eigenvalue weighted by molar-refractivity contribution is 0.128. The van der Waals surface area contributed by atoms with Crippen molar-refractivity contribution in [3.63, 3.8) is 0 Å². The van der Waals surface area contributed by atoms with Crippen LogP contribution in [0.1, 0.15) is 26.3 Å². The van der Waals surface area contributed by atoms with Gasteiger partial charge >= 0.3 is 0 Å². The zero-order valence-corrected chi connectivity index (χ0v) is 12.1. The van der Waals surface area contributed by atoms with Crippen molar-refractivity contribution in [2.45, 2.75) is 32.9 Å². The van der Waals surface area contributed by atoms with Gasteiger partial charge in [0.25, 0.3) is 0 Å². The van der Waals surface area contributed by atoms with Gasteiger partial charge in [-0.2, -0.15) is 0 Å². The van der Waals surface area contributed by atoms with Crippen molar-refractivity contribution in [2.24, 2.45) is 5.73 Å². The second kappa shape index (κ2) is 5.47. The summed E-state index contributed by atoms with van der Waals surface area (Å²) in [7, 11) is 0. The van der Waals surface area contributed by atoms with E-state index in [4.69, 9.17) is 5.73 Å². The van der Waals surface area contributed by atoms with E-state index in [1.807, 2.05) is 6.07 Å². The summed E-state index contributed by atoms with van der Waals surface area (Å²) >= 11 is 0. The first kappa shape index (κ1) is 14.3. The van der Waals surface area contributed by atoms with Crippen LogP contribution in [0.4, 0.5) is 10.1 Å². The van der Waals surface area contributed by atoms with Crippen LogP contribution in [-0.2, 0) is 6.54 Å². The first-order valence-electron chi connectivity index (χ1n) is 6.91. The molecule has 0 aromatic heterocycles. The molecule has 1 heterocycles. The monoisotopic (exact) mass is 265 g/mol. The van der Waals surface area contributed by atoms with Gasteiger partial charge in [-0.15, -0.1) is 0 Å². The molecule has 0 amide bonds. The molecule has 1 aromatic rings. The summed E-state index contributed by atoms with van der Waals surface area (Å²) in [5, 5.41) is 0. The minimum absolute atomic E-state index is 0.196. The van der Waals surface area contributed by atoms with Gasteiger partial charge in [0.15, 0.2) is 0 Å². The van der Waals surface area contributed by atoms with Gasteiger partial charge in [-0.25, -0.2) is 4.39 Å². The third kappa shape index (κ3) is 3.07. The Kier molecular flexibility index (Phi) is 4.11. The molecule has 0 aliphatic carbocycles. The summed E-state index contributed by atoms with van der Waals surface area (Å²) in [5.74, 6) is -0.196. The van der Waals surface area contributed by atoms with Crippen LogP contribution >= 0.6 is 0 Å². The van der Waals surface area contributed by atoms with E-state index in [1.165, 1.54) is 6.07 Å². The number of anilines is 1. The quantitative estimate of drug-likeness (QED) is 0.890. The highest BCUT2D eigenvalue weighted by atomic mass is 19.1. The number of hydrogen-bond donors (Lipinski definition) is 1. The molecule has 3 nitrogen and oxygen atoms in total. The van der Waals surface area contributed by atoms with Crippen LogP contribution < -0.4 is 10.6 Å². The Balaban J connectivity index is 2.12. The smallest absolute Gasteiger partial charge is 0.129 e. The number of benzene rings is 1. The third-order valence-electron chi connectivity index (χ3n) is 3.87. The zero-order chi connectivity index (χ0) is 14.0. The van der Waals surface area contributed by atoms with Gasteiger partial charge in [-0.1, -0.05) is 6.07 Å². The largest absolute Gasteiger partial charge is 0.369 e. The number of piperazine rings is 1. The molecule has 0 bridgehead atoms. The molecule has 2 N–H and O–H groups in total. The maximum Gasteiger partial charge on any atom is 0.129 e. The molecule has 0 spiro atoms. The van der Waals surface area contributed by atoms with Crippen molar-refractivity contribution in [2.75, 3.05) is 31.1 Å². The van der Waals surface area contributed by atoms with Crippen LogP contribution in [0.5, 0.6) is 0 Å². The van der Waals surface area contributed by atoms with E-state index in [2.05, 4.69) is 30.6 Å². The fourth-order valence-electron chi connectivity index (χ4n) is 2.66. The minimum atomic E-state index is -0.196. The normalized spacial score (nSPS) is 17.8. The van der Waals surface area contributed by atoms with E-state index in [-0.39, 0.29) is 17.9 Å². The molecule has 1 fully saturated rings. The molecule has 0 radical (unpaired) electrons. The maximum atomic E-state index is 13.8. The van der Waals surface area contributed by atoms with Crippen molar-refractivity contribution in [3.05, 3.63) is 29.6 Å². The Morgan fingerprint density at radius 1 is 1.16 bits per heavy atom. The van der Waals surface area contributed by atoms with Crippen molar-refractivity contribution in [3.8, 4) is 0 Å². The van der Waals surface area contributed by atoms with Crippen LogP contribution in [0.15, 0.2) is 18.2 Å². The molecular weight excluding hydrogens is 241 g/mol. The van der Waals surface area contributed by atoms with Gasteiger partial charge in [0.1, 0.15) is 5.82 Å². The predicted molar refractivity (Wildman–Crippen MR) is 77.8 cm³/mol. The molecule has 19 heavy (non-hydrogen) atoms. The Morgan fingerprint density at radius 3 is 2.32 bits per heavy atom. The highest BCUT2D eigenvalue weighted by Crippen LogP contribution is 2.25. The molecule has 1 aliphatic heterocycles. The number of nitrogens with two attached hydrogens (primary N) is 1. The van der Waals surface area contributed by atoms with Crippen LogP contribution in [-0.4, -0.2) is 36.6 Å². The molecule has 4 heteroatoms. The number of rotatable bonds is 2. The summed E-state index contributed by atoms with van der Waals surface area (Å²) in [6.45, 7) is 10.8. The van der Waals surface area contributed by atoms with E-state index in [1.54, 1.807) is 6.07 Å². The average Bonchev–Trinajstić information content (AvgIpc) is 2.37. The van der Waals surface area contributed by atoms with E-state index in [0.717, 1.165) is 31.9 Å². The van der Waals surface area contributed by atoms with Gasteiger partial charge in [0.2, 0.25) is 0 Å². The van der Waals surface area contributed by atoms with E-state index in [0.29, 0.717) is 5.56 Å². The van der Waals surface area contributed by atoms with E-state index in [9.17, 15) is 4.39 Å². The van der Waals surface area contributed by atoms with E-state index >= 15 is 0 Å². The lowest BCUT2D eigenvalue weighted by Crippen LogP contribution is -2.53. The van der Waals surface area contributed by atoms with Gasteiger partial charge in [-0.3, -0.25) is 4.90 Å². The van der Waals surface area contributed by atoms with Crippen LogP contribution in [0.2, 0.25) is 0 Å². The summed E-state index contributed by atoms with van der Waals surface area (Å²) in [4.78, 5) is 4.71. The molecule has 0 unspecified atom stereocenters. The summed E-state index contributed by atoms with van der Waals surface area (Å²) < 4.78 is 13.8. The van der Waals surface area contributed by atoms with Gasteiger partial charge in [0, 0.05) is 49.5 Å². The lowest BCUT2D eigenvalue weighted by atomic mass is 10.0. The molecule has 0 atom stereocenters. The van der Waals surface area contributed by atoms with Crippen LogP contribution in [0.3, 0.4) is 0 Å². The summed E-state index contributed by atoms with van der Waals surface area (Å²) in [6, 6.07) is 5.22. The molecule has 1 aromatic carbocycles. The second-order valence-electron chi connectivity index (χ2n) is 6.09. The fraction of sp³-hybridized carbons (Fsp3) is 0.600. The number of nitrogens with zero attached hydrogens (tertiary/aromatic N) is 2. The lowest BCUT2D eigenvalue weighted by Gasteiger charge is -2.43. The van der Waals surface area contributed by atoms with Crippen molar-refractivity contribution in [1.29, 1.82) is 0 Å². The van der Waals surface area contributed by atoms with Crippen molar-refractivity contribution in [1.82, 2.24) is 4.90 Å². The Labute approximate surface area is 115 Å².